The third-order valence-electron chi connectivity index (χ3n) is 3.84. The lowest BCUT2D eigenvalue weighted by molar-refractivity contribution is 0.102. The zero-order valence-electron chi connectivity index (χ0n) is 14.3. The van der Waals surface area contributed by atoms with E-state index in [0.29, 0.717) is 12.1 Å². The molecule has 0 aliphatic heterocycles. The number of carbonyl (C=O) groups excluding carboxylic acids is 1. The molecule has 0 fully saturated rings. The fourth-order valence-corrected chi connectivity index (χ4v) is 3.45. The van der Waals surface area contributed by atoms with Crippen molar-refractivity contribution in [2.75, 3.05) is 5.32 Å². The molecule has 0 radical (unpaired) electrons. The summed E-state index contributed by atoms with van der Waals surface area (Å²) in [5.41, 5.74) is 1.39. The molecule has 0 saturated carbocycles. The average Bonchev–Trinajstić information content (AvgIpc) is 2.57. The van der Waals surface area contributed by atoms with Gasteiger partial charge in [-0.3, -0.25) is 4.79 Å². The monoisotopic (exact) mass is 364 g/mol. The Labute approximate surface area is 147 Å². The zero-order valence-corrected chi connectivity index (χ0v) is 15.2. The molecule has 2 aromatic carbocycles. The maximum atomic E-state index is 13.3. The topological polar surface area (TPSA) is 75.3 Å². The van der Waals surface area contributed by atoms with E-state index in [-0.39, 0.29) is 16.5 Å². The third kappa shape index (κ3) is 4.87. The van der Waals surface area contributed by atoms with Crippen molar-refractivity contribution in [3.63, 3.8) is 0 Å². The van der Waals surface area contributed by atoms with Gasteiger partial charge in [0.1, 0.15) is 5.82 Å². The molecule has 1 amide bonds. The highest BCUT2D eigenvalue weighted by Gasteiger charge is 2.17. The number of amides is 1. The van der Waals surface area contributed by atoms with Crippen molar-refractivity contribution in [1.29, 1.82) is 0 Å². The maximum absolute atomic E-state index is 13.3. The summed E-state index contributed by atoms with van der Waals surface area (Å²) in [6, 6.07) is 9.54. The van der Waals surface area contributed by atoms with Crippen LogP contribution in [0.5, 0.6) is 0 Å². The van der Waals surface area contributed by atoms with Crippen LogP contribution in [0, 0.1) is 12.7 Å². The summed E-state index contributed by atoms with van der Waals surface area (Å²) in [5.74, 6) is -0.883. The molecule has 0 heterocycles. The van der Waals surface area contributed by atoms with Crippen LogP contribution in [0.3, 0.4) is 0 Å². The highest BCUT2D eigenvalue weighted by atomic mass is 32.2. The van der Waals surface area contributed by atoms with Crippen molar-refractivity contribution in [3.05, 3.63) is 59.4 Å². The van der Waals surface area contributed by atoms with Gasteiger partial charge in [0.2, 0.25) is 10.0 Å². The molecular formula is C18H21FN2O3S. The summed E-state index contributed by atoms with van der Waals surface area (Å²) in [5, 5.41) is 2.62. The predicted molar refractivity (Wildman–Crippen MR) is 95.6 cm³/mol. The van der Waals surface area contributed by atoms with Gasteiger partial charge in [-0.25, -0.2) is 17.5 Å². The first kappa shape index (κ1) is 19.1. The van der Waals surface area contributed by atoms with Crippen molar-refractivity contribution in [2.45, 2.75) is 38.1 Å². The Morgan fingerprint density at radius 3 is 2.40 bits per heavy atom. The molecule has 5 nitrogen and oxygen atoms in total. The maximum Gasteiger partial charge on any atom is 0.255 e. The molecule has 0 spiro atoms. The minimum atomic E-state index is -3.62. The fraction of sp³-hybridized carbons (Fsp3) is 0.278. The van der Waals surface area contributed by atoms with Gasteiger partial charge in [-0.1, -0.05) is 13.0 Å². The molecule has 7 heteroatoms. The number of benzene rings is 2. The summed E-state index contributed by atoms with van der Waals surface area (Å²) >= 11 is 0. The van der Waals surface area contributed by atoms with Crippen LogP contribution in [0.1, 0.15) is 36.2 Å². The average molecular weight is 364 g/mol. The van der Waals surface area contributed by atoms with Gasteiger partial charge in [-0.15, -0.1) is 0 Å². The van der Waals surface area contributed by atoms with E-state index in [2.05, 4.69) is 10.0 Å². The lowest BCUT2D eigenvalue weighted by Crippen LogP contribution is -2.32. The number of nitrogens with one attached hydrogen (secondary N) is 2. The highest BCUT2D eigenvalue weighted by molar-refractivity contribution is 7.89. The predicted octanol–water partition coefficient (Wildman–Crippen LogP) is 3.46. The normalized spacial score (nSPS) is 12.6. The van der Waals surface area contributed by atoms with E-state index in [0.717, 1.165) is 5.56 Å². The SMILES string of the molecule is CC[C@@H](C)NS(=O)(=O)c1ccc(C(=O)Nc2cc(F)ccc2C)cc1. The molecular weight excluding hydrogens is 343 g/mol. The van der Waals surface area contributed by atoms with E-state index in [1.165, 1.54) is 36.4 Å². The largest absolute Gasteiger partial charge is 0.322 e. The molecule has 0 unspecified atom stereocenters. The lowest BCUT2D eigenvalue weighted by atomic mass is 10.1. The minimum absolute atomic E-state index is 0.0892. The van der Waals surface area contributed by atoms with Crippen LogP contribution in [-0.2, 0) is 10.0 Å². The highest BCUT2D eigenvalue weighted by Crippen LogP contribution is 2.18. The number of carbonyl (C=O) groups is 1. The van der Waals surface area contributed by atoms with E-state index < -0.39 is 21.7 Å². The summed E-state index contributed by atoms with van der Waals surface area (Å²) < 4.78 is 40.3. The van der Waals surface area contributed by atoms with Crippen LogP contribution in [0.4, 0.5) is 10.1 Å². The van der Waals surface area contributed by atoms with Crippen LogP contribution < -0.4 is 10.0 Å². The molecule has 0 aliphatic rings. The molecule has 25 heavy (non-hydrogen) atoms. The van der Waals surface area contributed by atoms with Crippen LogP contribution in [0.25, 0.3) is 0 Å². The Kier molecular flexibility index (Phi) is 5.92. The molecule has 2 N–H and O–H groups in total. The second kappa shape index (κ2) is 7.76. The summed E-state index contributed by atoms with van der Waals surface area (Å²) in [6.45, 7) is 5.42. The van der Waals surface area contributed by atoms with Crippen LogP contribution in [0.15, 0.2) is 47.4 Å². The quantitative estimate of drug-likeness (QED) is 0.824. The van der Waals surface area contributed by atoms with Crippen molar-refractivity contribution < 1.29 is 17.6 Å². The van der Waals surface area contributed by atoms with Gasteiger partial charge in [-0.05, 0) is 62.2 Å². The number of rotatable bonds is 6. The number of halogens is 1. The molecule has 1 atom stereocenters. The standard InChI is InChI=1S/C18H21FN2O3S/c1-4-13(3)21-25(23,24)16-9-6-14(7-10-16)18(22)20-17-11-15(19)8-5-12(17)2/h5-11,13,21H,4H2,1-3H3,(H,20,22)/t13-/m1/s1. The zero-order chi connectivity index (χ0) is 18.6. The van der Waals surface area contributed by atoms with Crippen molar-refractivity contribution in [3.8, 4) is 0 Å². The first-order chi connectivity index (χ1) is 11.7. The van der Waals surface area contributed by atoms with Gasteiger partial charge in [-0.2, -0.15) is 0 Å². The minimum Gasteiger partial charge on any atom is -0.322 e. The molecule has 0 aliphatic carbocycles. The molecule has 0 aromatic heterocycles. The van der Waals surface area contributed by atoms with E-state index in [1.54, 1.807) is 19.9 Å². The Hall–Kier alpha value is -2.25. The Bertz CT molecular complexity index is 864. The van der Waals surface area contributed by atoms with Crippen molar-refractivity contribution in [2.24, 2.45) is 0 Å². The van der Waals surface area contributed by atoms with Crippen molar-refractivity contribution >= 4 is 21.6 Å². The molecule has 0 bridgehead atoms. The molecule has 134 valence electrons. The molecule has 0 saturated heterocycles. The van der Waals surface area contributed by atoms with Gasteiger partial charge < -0.3 is 5.32 Å². The van der Waals surface area contributed by atoms with Crippen LogP contribution >= 0.6 is 0 Å². The first-order valence-electron chi connectivity index (χ1n) is 7.93. The number of aryl methyl sites for hydroxylation is 1. The van der Waals surface area contributed by atoms with Gasteiger partial charge in [0.05, 0.1) is 4.90 Å². The number of sulfonamides is 1. The summed E-state index contributed by atoms with van der Waals surface area (Å²) in [4.78, 5) is 12.4. The second-order valence-electron chi connectivity index (χ2n) is 5.87. The van der Waals surface area contributed by atoms with E-state index >= 15 is 0 Å². The third-order valence-corrected chi connectivity index (χ3v) is 5.45. The fourth-order valence-electron chi connectivity index (χ4n) is 2.13. The van der Waals surface area contributed by atoms with Gasteiger partial charge in [0.15, 0.2) is 0 Å². The van der Waals surface area contributed by atoms with E-state index in [1.807, 2.05) is 6.92 Å². The van der Waals surface area contributed by atoms with Gasteiger partial charge in [0.25, 0.3) is 5.91 Å². The number of anilines is 1. The van der Waals surface area contributed by atoms with Crippen LogP contribution in [-0.4, -0.2) is 20.4 Å². The summed E-state index contributed by atoms with van der Waals surface area (Å²) in [7, 11) is -3.62. The smallest absolute Gasteiger partial charge is 0.255 e. The van der Waals surface area contributed by atoms with E-state index in [4.69, 9.17) is 0 Å². The molecule has 2 aromatic rings. The van der Waals surface area contributed by atoms with Gasteiger partial charge in [0, 0.05) is 17.3 Å². The second-order valence-corrected chi connectivity index (χ2v) is 7.58. The summed E-state index contributed by atoms with van der Waals surface area (Å²) in [6.07, 6.45) is 0.673. The van der Waals surface area contributed by atoms with Crippen molar-refractivity contribution in [1.82, 2.24) is 4.72 Å². The number of hydrogen-bond donors (Lipinski definition) is 2. The van der Waals surface area contributed by atoms with E-state index in [9.17, 15) is 17.6 Å². The Morgan fingerprint density at radius 1 is 1.16 bits per heavy atom. The van der Waals surface area contributed by atoms with Crippen LogP contribution in [0.2, 0.25) is 0 Å². The lowest BCUT2D eigenvalue weighted by Gasteiger charge is -2.12. The number of hydrogen-bond acceptors (Lipinski definition) is 3. The molecule has 2 rings (SSSR count). The first-order valence-corrected chi connectivity index (χ1v) is 9.41. The Balaban J connectivity index is 2.16. The Morgan fingerprint density at radius 2 is 1.80 bits per heavy atom. The van der Waals surface area contributed by atoms with Gasteiger partial charge >= 0.3 is 0 Å².